The molecule has 0 aliphatic heterocycles. The summed E-state index contributed by atoms with van der Waals surface area (Å²) in [6.07, 6.45) is 1.04. The molecule has 4 nitrogen and oxygen atoms in total. The van der Waals surface area contributed by atoms with Crippen LogP contribution < -0.4 is 5.32 Å². The normalized spacial score (nSPS) is 10.8. The highest BCUT2D eigenvalue weighted by Crippen LogP contribution is 2.24. The van der Waals surface area contributed by atoms with Crippen molar-refractivity contribution in [3.05, 3.63) is 36.0 Å². The number of anilines is 1. The maximum atomic E-state index is 9.59. The minimum absolute atomic E-state index is 0.226. The minimum atomic E-state index is 0.226. The molecule has 2 aromatic rings. The van der Waals surface area contributed by atoms with E-state index in [0.29, 0.717) is 11.7 Å². The Balaban J connectivity index is 2.43. The Labute approximate surface area is 119 Å². The van der Waals surface area contributed by atoms with Crippen LogP contribution in [0.25, 0.3) is 11.4 Å². The Morgan fingerprint density at radius 3 is 2.65 bits per heavy atom. The van der Waals surface area contributed by atoms with Gasteiger partial charge < -0.3 is 10.4 Å². The van der Waals surface area contributed by atoms with Gasteiger partial charge in [-0.3, -0.25) is 0 Å². The number of nitrogens with zero attached hydrogens (tertiary/aromatic N) is 2. The molecule has 0 saturated carbocycles. The third-order valence-corrected chi connectivity index (χ3v) is 3.00. The molecule has 20 heavy (non-hydrogen) atoms. The first-order chi connectivity index (χ1) is 9.60. The van der Waals surface area contributed by atoms with Crippen LogP contribution in [-0.2, 0) is 0 Å². The lowest BCUT2D eigenvalue weighted by atomic mass is 10.1. The van der Waals surface area contributed by atoms with Crippen LogP contribution in [0.3, 0.4) is 0 Å². The van der Waals surface area contributed by atoms with E-state index in [2.05, 4.69) is 36.1 Å². The highest BCUT2D eigenvalue weighted by Gasteiger charge is 2.09. The second-order valence-corrected chi connectivity index (χ2v) is 5.13. The lowest BCUT2D eigenvalue weighted by Gasteiger charge is -2.11. The van der Waals surface area contributed by atoms with E-state index in [0.717, 1.165) is 30.0 Å². The van der Waals surface area contributed by atoms with Gasteiger partial charge in [0.05, 0.1) is 0 Å². The van der Waals surface area contributed by atoms with Gasteiger partial charge in [0.1, 0.15) is 11.6 Å². The number of phenolic OH excluding ortho intramolecular Hbond substituents is 1. The maximum absolute atomic E-state index is 9.59. The summed E-state index contributed by atoms with van der Waals surface area (Å²) >= 11 is 0. The highest BCUT2D eigenvalue weighted by molar-refractivity contribution is 5.59. The van der Waals surface area contributed by atoms with Crippen molar-refractivity contribution >= 4 is 5.82 Å². The van der Waals surface area contributed by atoms with Gasteiger partial charge >= 0.3 is 0 Å². The molecule has 0 aliphatic rings. The zero-order chi connectivity index (χ0) is 14.5. The molecule has 0 radical (unpaired) electrons. The van der Waals surface area contributed by atoms with Crippen molar-refractivity contribution < 1.29 is 5.11 Å². The summed E-state index contributed by atoms with van der Waals surface area (Å²) in [6.45, 7) is 7.22. The van der Waals surface area contributed by atoms with Crippen LogP contribution in [0.1, 0.15) is 38.8 Å². The lowest BCUT2D eigenvalue weighted by Crippen LogP contribution is -2.06. The smallest absolute Gasteiger partial charge is 0.161 e. The molecule has 0 saturated heterocycles. The topological polar surface area (TPSA) is 58.0 Å². The SMILES string of the molecule is CCCNc1cc(C(C)C)nc(-c2cccc(O)c2)n1. The number of rotatable bonds is 5. The van der Waals surface area contributed by atoms with E-state index >= 15 is 0 Å². The predicted octanol–water partition coefficient (Wildman–Crippen LogP) is 3.79. The Kier molecular flexibility index (Phi) is 4.56. The number of benzene rings is 1. The molecule has 0 atom stereocenters. The molecule has 2 N–H and O–H groups in total. The number of aromatic nitrogens is 2. The number of aromatic hydroxyl groups is 1. The van der Waals surface area contributed by atoms with E-state index in [9.17, 15) is 5.11 Å². The number of hydrogen-bond acceptors (Lipinski definition) is 4. The van der Waals surface area contributed by atoms with Crippen molar-refractivity contribution in [1.82, 2.24) is 9.97 Å². The predicted molar refractivity (Wildman–Crippen MR) is 82.0 cm³/mol. The molecule has 0 spiro atoms. The van der Waals surface area contributed by atoms with Crippen molar-refractivity contribution in [1.29, 1.82) is 0 Å². The van der Waals surface area contributed by atoms with Crippen LogP contribution in [0.2, 0.25) is 0 Å². The molecular formula is C16H21N3O. The van der Waals surface area contributed by atoms with E-state index in [4.69, 9.17) is 0 Å². The Bertz CT molecular complexity index is 582. The van der Waals surface area contributed by atoms with Crippen LogP contribution in [-0.4, -0.2) is 21.6 Å². The lowest BCUT2D eigenvalue weighted by molar-refractivity contribution is 0.475. The molecule has 0 aliphatic carbocycles. The molecule has 0 fully saturated rings. The Hall–Kier alpha value is -2.10. The minimum Gasteiger partial charge on any atom is -0.508 e. The van der Waals surface area contributed by atoms with Crippen LogP contribution >= 0.6 is 0 Å². The van der Waals surface area contributed by atoms with Crippen LogP contribution in [0.15, 0.2) is 30.3 Å². The molecule has 0 bridgehead atoms. The van der Waals surface area contributed by atoms with Gasteiger partial charge in [-0.25, -0.2) is 9.97 Å². The van der Waals surface area contributed by atoms with Gasteiger partial charge in [-0.05, 0) is 24.5 Å². The summed E-state index contributed by atoms with van der Waals surface area (Å²) in [6, 6.07) is 9.03. The van der Waals surface area contributed by atoms with Crippen molar-refractivity contribution in [3.63, 3.8) is 0 Å². The van der Waals surface area contributed by atoms with Crippen molar-refractivity contribution in [3.8, 4) is 17.1 Å². The number of nitrogens with one attached hydrogen (secondary N) is 1. The Morgan fingerprint density at radius 2 is 2.00 bits per heavy atom. The van der Waals surface area contributed by atoms with Gasteiger partial charge in [0.15, 0.2) is 5.82 Å². The fourth-order valence-electron chi connectivity index (χ4n) is 1.88. The van der Waals surface area contributed by atoms with Gasteiger partial charge in [0.25, 0.3) is 0 Å². The molecular weight excluding hydrogens is 250 g/mol. The van der Waals surface area contributed by atoms with Gasteiger partial charge in [-0.1, -0.05) is 32.9 Å². The molecule has 106 valence electrons. The summed E-state index contributed by atoms with van der Waals surface area (Å²) in [5.41, 5.74) is 1.82. The monoisotopic (exact) mass is 271 g/mol. The molecule has 1 heterocycles. The second kappa shape index (κ2) is 6.37. The van der Waals surface area contributed by atoms with Gasteiger partial charge in [-0.15, -0.1) is 0 Å². The van der Waals surface area contributed by atoms with E-state index in [1.54, 1.807) is 18.2 Å². The van der Waals surface area contributed by atoms with Crippen LogP contribution in [0.4, 0.5) is 5.82 Å². The molecule has 2 rings (SSSR count). The Morgan fingerprint density at radius 1 is 1.20 bits per heavy atom. The van der Waals surface area contributed by atoms with E-state index in [1.165, 1.54) is 0 Å². The first-order valence-corrected chi connectivity index (χ1v) is 7.02. The van der Waals surface area contributed by atoms with Gasteiger partial charge in [0.2, 0.25) is 0 Å². The molecule has 1 aromatic carbocycles. The van der Waals surface area contributed by atoms with Crippen molar-refractivity contribution in [2.75, 3.05) is 11.9 Å². The average molecular weight is 271 g/mol. The van der Waals surface area contributed by atoms with Crippen molar-refractivity contribution in [2.45, 2.75) is 33.1 Å². The fraction of sp³-hybridized carbons (Fsp3) is 0.375. The fourth-order valence-corrected chi connectivity index (χ4v) is 1.88. The first kappa shape index (κ1) is 14.3. The second-order valence-electron chi connectivity index (χ2n) is 5.13. The van der Waals surface area contributed by atoms with E-state index in [-0.39, 0.29) is 5.75 Å². The average Bonchev–Trinajstić information content (AvgIpc) is 2.44. The zero-order valence-electron chi connectivity index (χ0n) is 12.2. The highest BCUT2D eigenvalue weighted by atomic mass is 16.3. The molecule has 4 heteroatoms. The third-order valence-electron chi connectivity index (χ3n) is 3.00. The van der Waals surface area contributed by atoms with Gasteiger partial charge in [-0.2, -0.15) is 0 Å². The van der Waals surface area contributed by atoms with Crippen LogP contribution in [0, 0.1) is 0 Å². The van der Waals surface area contributed by atoms with E-state index < -0.39 is 0 Å². The molecule has 0 amide bonds. The zero-order valence-corrected chi connectivity index (χ0v) is 12.2. The maximum Gasteiger partial charge on any atom is 0.161 e. The standard InChI is InChI=1S/C16H21N3O/c1-4-8-17-15-10-14(11(2)3)18-16(19-15)12-6-5-7-13(20)9-12/h5-7,9-11,20H,4,8H2,1-3H3,(H,17,18,19). The summed E-state index contributed by atoms with van der Waals surface area (Å²) in [7, 11) is 0. The summed E-state index contributed by atoms with van der Waals surface area (Å²) in [5.74, 6) is 2.04. The van der Waals surface area contributed by atoms with Gasteiger partial charge in [0, 0.05) is 23.9 Å². The van der Waals surface area contributed by atoms with Crippen molar-refractivity contribution in [2.24, 2.45) is 0 Å². The molecule has 0 unspecified atom stereocenters. The summed E-state index contributed by atoms with van der Waals surface area (Å²) in [4.78, 5) is 9.12. The third kappa shape index (κ3) is 3.47. The first-order valence-electron chi connectivity index (χ1n) is 7.02. The summed E-state index contributed by atoms with van der Waals surface area (Å²) in [5, 5.41) is 12.9. The largest absolute Gasteiger partial charge is 0.508 e. The number of phenols is 1. The molecule has 1 aromatic heterocycles. The van der Waals surface area contributed by atoms with Crippen LogP contribution in [0.5, 0.6) is 5.75 Å². The quantitative estimate of drug-likeness (QED) is 0.868. The van der Waals surface area contributed by atoms with E-state index in [1.807, 2.05) is 12.1 Å². The number of hydrogen-bond donors (Lipinski definition) is 2. The summed E-state index contributed by atoms with van der Waals surface area (Å²) < 4.78 is 0.